The van der Waals surface area contributed by atoms with E-state index in [1.54, 1.807) is 18.2 Å². The molecule has 0 amide bonds. The Labute approximate surface area is 256 Å². The van der Waals surface area contributed by atoms with Crippen molar-refractivity contribution in [2.45, 2.75) is 39.8 Å². The number of ether oxygens (including phenoxy) is 2. The van der Waals surface area contributed by atoms with Gasteiger partial charge < -0.3 is 14.0 Å². The van der Waals surface area contributed by atoms with E-state index in [0.717, 1.165) is 23.7 Å². The first-order chi connectivity index (χ1) is 21.0. The standard InChI is InChI=1S/C33H28ClF3N4O3/c1-18(42)19-5-7-28-29(11-19)41(30-16-43-17-33(30,2)3)31(39-28)12-21-10-26(37)23(14-25(21)36)27-8-9-38-32(40-27)44-15-20-4-6-22(34)13-24(20)35/h4-11,13-14,30H,12,15-17H2,1-3H3/t30-/m1/s1. The van der Waals surface area contributed by atoms with Crippen LogP contribution in [0.15, 0.2) is 60.8 Å². The highest BCUT2D eigenvalue weighted by Gasteiger charge is 2.39. The van der Waals surface area contributed by atoms with Crippen molar-refractivity contribution in [2.75, 3.05) is 13.2 Å². The number of imidazole rings is 1. The third-order valence-electron chi connectivity index (χ3n) is 7.90. The zero-order chi connectivity index (χ0) is 31.2. The largest absolute Gasteiger partial charge is 0.458 e. The van der Waals surface area contributed by atoms with Crippen molar-refractivity contribution < 1.29 is 27.4 Å². The second-order valence-electron chi connectivity index (χ2n) is 11.5. The molecule has 1 aliphatic heterocycles. The van der Waals surface area contributed by atoms with Crippen molar-refractivity contribution in [3.63, 3.8) is 0 Å². The highest BCUT2D eigenvalue weighted by Crippen LogP contribution is 2.40. The number of nitrogens with zero attached hydrogens (tertiary/aromatic N) is 4. The van der Waals surface area contributed by atoms with Crippen molar-refractivity contribution in [3.8, 4) is 17.3 Å². The number of Topliss-reactive ketones (excluding diaryl/α,β-unsaturated/α-hetero) is 1. The van der Waals surface area contributed by atoms with Gasteiger partial charge >= 0.3 is 6.01 Å². The summed E-state index contributed by atoms with van der Waals surface area (Å²) in [6.07, 6.45) is 1.36. The van der Waals surface area contributed by atoms with Gasteiger partial charge in [-0.15, -0.1) is 0 Å². The van der Waals surface area contributed by atoms with E-state index in [1.165, 1.54) is 31.3 Å². The summed E-state index contributed by atoms with van der Waals surface area (Å²) in [6.45, 7) is 6.43. The number of aromatic nitrogens is 4. The number of hydrogen-bond donors (Lipinski definition) is 0. The summed E-state index contributed by atoms with van der Waals surface area (Å²) in [4.78, 5) is 25.1. The molecule has 1 saturated heterocycles. The van der Waals surface area contributed by atoms with E-state index in [4.69, 9.17) is 26.1 Å². The molecule has 5 aromatic rings. The summed E-state index contributed by atoms with van der Waals surface area (Å²) in [5, 5.41) is 0.251. The van der Waals surface area contributed by atoms with Crippen LogP contribution in [-0.2, 0) is 17.8 Å². The zero-order valence-corrected chi connectivity index (χ0v) is 25.0. The Bertz CT molecular complexity index is 1910. The van der Waals surface area contributed by atoms with Gasteiger partial charge in [0.15, 0.2) is 5.78 Å². The van der Waals surface area contributed by atoms with Crippen LogP contribution in [0.5, 0.6) is 6.01 Å². The predicted octanol–water partition coefficient (Wildman–Crippen LogP) is 7.53. The van der Waals surface area contributed by atoms with Crippen molar-refractivity contribution in [1.29, 1.82) is 0 Å². The maximum absolute atomic E-state index is 15.6. The molecule has 0 saturated carbocycles. The first-order valence-electron chi connectivity index (χ1n) is 14.0. The smallest absolute Gasteiger partial charge is 0.317 e. The summed E-state index contributed by atoms with van der Waals surface area (Å²) >= 11 is 5.80. The fourth-order valence-electron chi connectivity index (χ4n) is 5.45. The number of carbonyl (C=O) groups excluding carboxylic acids is 1. The van der Waals surface area contributed by atoms with Gasteiger partial charge in [-0.3, -0.25) is 4.79 Å². The van der Waals surface area contributed by atoms with Crippen LogP contribution >= 0.6 is 11.6 Å². The van der Waals surface area contributed by atoms with Gasteiger partial charge in [0, 0.05) is 39.7 Å². The van der Waals surface area contributed by atoms with E-state index in [-0.39, 0.29) is 63.7 Å². The summed E-state index contributed by atoms with van der Waals surface area (Å²) in [5.74, 6) is -1.43. The van der Waals surface area contributed by atoms with Crippen LogP contribution < -0.4 is 4.74 Å². The molecule has 2 aromatic heterocycles. The first kappa shape index (κ1) is 29.8. The molecule has 1 fully saturated rings. The lowest BCUT2D eigenvalue weighted by atomic mass is 9.87. The van der Waals surface area contributed by atoms with Gasteiger partial charge in [-0.1, -0.05) is 31.5 Å². The number of rotatable bonds is 8. The number of fused-ring (bicyclic) bond motifs is 1. The van der Waals surface area contributed by atoms with Crippen LogP contribution in [-0.4, -0.2) is 38.5 Å². The molecule has 3 aromatic carbocycles. The quantitative estimate of drug-likeness (QED) is 0.167. The lowest BCUT2D eigenvalue weighted by molar-refractivity contribution is 0.101. The monoisotopic (exact) mass is 620 g/mol. The Balaban J connectivity index is 1.31. The topological polar surface area (TPSA) is 79.1 Å². The fraction of sp³-hybridized carbons (Fsp3) is 0.273. The number of hydrogen-bond acceptors (Lipinski definition) is 6. The minimum atomic E-state index is -0.694. The predicted molar refractivity (Wildman–Crippen MR) is 159 cm³/mol. The average molecular weight is 621 g/mol. The Morgan fingerprint density at radius 1 is 1.02 bits per heavy atom. The molecule has 44 heavy (non-hydrogen) atoms. The minimum Gasteiger partial charge on any atom is -0.458 e. The second kappa shape index (κ2) is 11.7. The van der Waals surface area contributed by atoms with Crippen molar-refractivity contribution in [1.82, 2.24) is 19.5 Å². The molecule has 0 spiro atoms. The number of halogens is 4. The van der Waals surface area contributed by atoms with Gasteiger partial charge in [-0.05, 0) is 61.0 Å². The van der Waals surface area contributed by atoms with Crippen LogP contribution in [0.25, 0.3) is 22.3 Å². The van der Waals surface area contributed by atoms with Crippen LogP contribution in [0.3, 0.4) is 0 Å². The molecule has 226 valence electrons. The SMILES string of the molecule is CC(=O)c1ccc2nc(Cc3cc(F)c(-c4ccnc(OCc5ccc(Cl)cc5F)n4)cc3F)n([C@@H]3COCC3(C)C)c2c1. The molecule has 3 heterocycles. The van der Waals surface area contributed by atoms with E-state index < -0.39 is 17.5 Å². The molecule has 0 radical (unpaired) electrons. The van der Waals surface area contributed by atoms with E-state index in [0.29, 0.717) is 30.1 Å². The molecule has 11 heteroatoms. The minimum absolute atomic E-state index is 0.00445. The van der Waals surface area contributed by atoms with E-state index in [1.807, 2.05) is 4.57 Å². The maximum atomic E-state index is 15.6. The van der Waals surface area contributed by atoms with Gasteiger partial charge in [0.25, 0.3) is 0 Å². The molecule has 1 aliphatic rings. The molecular formula is C33H28ClF3N4O3. The average Bonchev–Trinajstić information content (AvgIpc) is 3.51. The molecule has 7 nitrogen and oxygen atoms in total. The highest BCUT2D eigenvalue weighted by molar-refractivity contribution is 6.30. The van der Waals surface area contributed by atoms with Crippen LogP contribution in [0.2, 0.25) is 5.02 Å². The molecule has 0 bridgehead atoms. The molecule has 0 N–H and O–H groups in total. The third-order valence-corrected chi connectivity index (χ3v) is 8.13. The first-order valence-corrected chi connectivity index (χ1v) is 14.4. The Hall–Kier alpha value is -4.28. The maximum Gasteiger partial charge on any atom is 0.317 e. The summed E-state index contributed by atoms with van der Waals surface area (Å²) in [6, 6.07) is 12.8. The Morgan fingerprint density at radius 3 is 2.55 bits per heavy atom. The number of carbonyl (C=O) groups is 1. The highest BCUT2D eigenvalue weighted by atomic mass is 35.5. The van der Waals surface area contributed by atoms with Gasteiger partial charge in [0.2, 0.25) is 0 Å². The lowest BCUT2D eigenvalue weighted by Gasteiger charge is -2.28. The van der Waals surface area contributed by atoms with Gasteiger partial charge in [-0.2, -0.15) is 4.98 Å². The van der Waals surface area contributed by atoms with Crippen LogP contribution in [0, 0.1) is 22.9 Å². The van der Waals surface area contributed by atoms with Crippen LogP contribution in [0.1, 0.15) is 54.1 Å². The lowest BCUT2D eigenvalue weighted by Crippen LogP contribution is -2.27. The van der Waals surface area contributed by atoms with E-state index >= 15 is 8.78 Å². The Morgan fingerprint density at radius 2 is 1.82 bits per heavy atom. The number of benzene rings is 3. The van der Waals surface area contributed by atoms with E-state index in [9.17, 15) is 9.18 Å². The molecule has 0 unspecified atom stereocenters. The van der Waals surface area contributed by atoms with Crippen molar-refractivity contribution >= 4 is 28.4 Å². The van der Waals surface area contributed by atoms with Gasteiger partial charge in [0.05, 0.1) is 36.0 Å². The molecule has 0 aliphatic carbocycles. The van der Waals surface area contributed by atoms with Gasteiger partial charge in [0.1, 0.15) is 29.9 Å². The summed E-state index contributed by atoms with van der Waals surface area (Å²) in [5.41, 5.74) is 2.03. The fourth-order valence-corrected chi connectivity index (χ4v) is 5.60. The summed E-state index contributed by atoms with van der Waals surface area (Å²) in [7, 11) is 0. The van der Waals surface area contributed by atoms with Crippen molar-refractivity contribution in [3.05, 3.63) is 106 Å². The van der Waals surface area contributed by atoms with Crippen LogP contribution in [0.4, 0.5) is 13.2 Å². The van der Waals surface area contributed by atoms with E-state index in [2.05, 4.69) is 23.8 Å². The molecule has 6 rings (SSSR count). The zero-order valence-electron chi connectivity index (χ0n) is 24.2. The van der Waals surface area contributed by atoms with Crippen molar-refractivity contribution in [2.24, 2.45) is 5.41 Å². The summed E-state index contributed by atoms with van der Waals surface area (Å²) < 4.78 is 58.6. The number of ketones is 1. The molecular weight excluding hydrogens is 593 g/mol. The Kier molecular flexibility index (Phi) is 7.89. The second-order valence-corrected chi connectivity index (χ2v) is 12.0. The normalized spacial score (nSPS) is 16.0. The molecule has 1 atom stereocenters. The third kappa shape index (κ3) is 5.79. The van der Waals surface area contributed by atoms with Gasteiger partial charge in [-0.25, -0.2) is 23.1 Å².